The number of hydrogen-bond donors (Lipinski definition) is 2. The van der Waals surface area contributed by atoms with Crippen molar-refractivity contribution < 1.29 is 14.3 Å². The van der Waals surface area contributed by atoms with Crippen molar-refractivity contribution in [3.8, 4) is 0 Å². The molecule has 1 heterocycles. The van der Waals surface area contributed by atoms with Crippen molar-refractivity contribution in [1.82, 2.24) is 10.2 Å². The number of anilines is 1. The molecule has 2 rings (SSSR count). The average Bonchev–Trinajstić information content (AvgIpc) is 2.52. The lowest BCUT2D eigenvalue weighted by atomic mass is 10.1. The van der Waals surface area contributed by atoms with Crippen LogP contribution in [0.15, 0.2) is 12.1 Å². The fourth-order valence-corrected chi connectivity index (χ4v) is 3.31. The zero-order valence-electron chi connectivity index (χ0n) is 15.8. The Morgan fingerprint density at radius 3 is 2.20 bits per heavy atom. The Morgan fingerprint density at radius 2 is 1.64 bits per heavy atom. The summed E-state index contributed by atoms with van der Waals surface area (Å²) >= 11 is 0. The maximum absolute atomic E-state index is 12.2. The molecule has 1 aromatic carbocycles. The van der Waals surface area contributed by atoms with E-state index in [1.54, 1.807) is 0 Å². The van der Waals surface area contributed by atoms with Crippen molar-refractivity contribution >= 4 is 17.5 Å². The second-order valence-electron chi connectivity index (χ2n) is 7.01. The van der Waals surface area contributed by atoms with Crippen LogP contribution in [-0.2, 0) is 14.3 Å². The Balaban J connectivity index is 1.84. The molecule has 0 bridgehead atoms. The van der Waals surface area contributed by atoms with Gasteiger partial charge in [-0.05, 0) is 45.7 Å². The van der Waals surface area contributed by atoms with Crippen LogP contribution in [-0.4, -0.2) is 55.1 Å². The quantitative estimate of drug-likeness (QED) is 0.852. The highest BCUT2D eigenvalue weighted by molar-refractivity contribution is 5.96. The molecule has 138 valence electrons. The van der Waals surface area contributed by atoms with Gasteiger partial charge >= 0.3 is 0 Å². The van der Waals surface area contributed by atoms with Gasteiger partial charge in [0.1, 0.15) is 0 Å². The van der Waals surface area contributed by atoms with Gasteiger partial charge in [0.25, 0.3) is 0 Å². The zero-order valence-corrected chi connectivity index (χ0v) is 15.8. The number of carbonyl (C=O) groups excluding carboxylic acids is 2. The van der Waals surface area contributed by atoms with Gasteiger partial charge in [-0.2, -0.15) is 0 Å². The zero-order chi connectivity index (χ0) is 18.6. The molecule has 6 heteroatoms. The molecule has 2 amide bonds. The third-order valence-corrected chi connectivity index (χ3v) is 4.56. The summed E-state index contributed by atoms with van der Waals surface area (Å²) in [5.74, 6) is -0.362. The number of aryl methyl sites for hydroxylation is 3. The van der Waals surface area contributed by atoms with Gasteiger partial charge in [0.2, 0.25) is 11.8 Å². The first kappa shape index (κ1) is 19.4. The highest BCUT2D eigenvalue weighted by atomic mass is 16.5. The lowest BCUT2D eigenvalue weighted by Gasteiger charge is -2.38. The minimum Gasteiger partial charge on any atom is -0.378 e. The van der Waals surface area contributed by atoms with E-state index in [-0.39, 0.29) is 37.0 Å². The number of morpholine rings is 1. The van der Waals surface area contributed by atoms with E-state index in [0.717, 1.165) is 22.4 Å². The van der Waals surface area contributed by atoms with E-state index in [4.69, 9.17) is 4.74 Å². The molecule has 2 atom stereocenters. The van der Waals surface area contributed by atoms with E-state index in [0.29, 0.717) is 13.2 Å². The standard InChI is InChI=1S/C19H29N3O3/c1-12-6-13(2)19(14(3)7-12)21-17(23)8-20-18(24)9-22-15(4)10-25-11-16(22)5/h6-7,15-16H,8-11H2,1-5H3,(H,20,24)(H,21,23)/t15-,16-/m1/s1. The van der Waals surface area contributed by atoms with Gasteiger partial charge < -0.3 is 15.4 Å². The predicted octanol–water partition coefficient (Wildman–Crippen LogP) is 1.78. The minimum atomic E-state index is -0.216. The Hall–Kier alpha value is -1.92. The Morgan fingerprint density at radius 1 is 1.08 bits per heavy atom. The first-order chi connectivity index (χ1) is 11.8. The van der Waals surface area contributed by atoms with Crippen LogP contribution >= 0.6 is 0 Å². The molecule has 0 spiro atoms. The normalized spacial score (nSPS) is 21.0. The molecule has 25 heavy (non-hydrogen) atoms. The SMILES string of the molecule is Cc1cc(C)c(NC(=O)CNC(=O)CN2[C@H](C)COC[C@H]2C)c(C)c1. The smallest absolute Gasteiger partial charge is 0.243 e. The minimum absolute atomic E-state index is 0.0291. The van der Waals surface area contributed by atoms with Crippen LogP contribution in [0.1, 0.15) is 30.5 Å². The van der Waals surface area contributed by atoms with Crippen molar-refractivity contribution in [2.45, 2.75) is 46.7 Å². The molecule has 1 fully saturated rings. The van der Waals surface area contributed by atoms with Crippen LogP contribution in [0.5, 0.6) is 0 Å². The molecule has 1 aliphatic rings. The number of nitrogens with zero attached hydrogens (tertiary/aromatic N) is 1. The lowest BCUT2D eigenvalue weighted by molar-refractivity contribution is -0.128. The molecule has 0 unspecified atom stereocenters. The number of rotatable bonds is 5. The largest absolute Gasteiger partial charge is 0.378 e. The molecule has 0 saturated carbocycles. The van der Waals surface area contributed by atoms with Crippen LogP contribution in [0.2, 0.25) is 0 Å². The van der Waals surface area contributed by atoms with Crippen LogP contribution in [0.4, 0.5) is 5.69 Å². The summed E-state index contributed by atoms with van der Waals surface area (Å²) in [5.41, 5.74) is 4.02. The summed E-state index contributed by atoms with van der Waals surface area (Å²) in [5, 5.41) is 5.60. The first-order valence-corrected chi connectivity index (χ1v) is 8.75. The monoisotopic (exact) mass is 347 g/mol. The number of hydrogen-bond acceptors (Lipinski definition) is 4. The van der Waals surface area contributed by atoms with Crippen molar-refractivity contribution in [2.24, 2.45) is 0 Å². The molecule has 1 saturated heterocycles. The van der Waals surface area contributed by atoms with Crippen molar-refractivity contribution in [1.29, 1.82) is 0 Å². The van der Waals surface area contributed by atoms with Gasteiger partial charge in [0, 0.05) is 17.8 Å². The lowest BCUT2D eigenvalue weighted by Crippen LogP contribution is -2.53. The van der Waals surface area contributed by atoms with Gasteiger partial charge in [-0.1, -0.05) is 17.7 Å². The number of nitrogens with one attached hydrogen (secondary N) is 2. The summed E-state index contributed by atoms with van der Waals surface area (Å²) in [6.07, 6.45) is 0. The molecule has 0 aromatic heterocycles. The number of benzene rings is 1. The summed E-state index contributed by atoms with van der Waals surface area (Å²) in [7, 11) is 0. The maximum atomic E-state index is 12.2. The fourth-order valence-electron chi connectivity index (χ4n) is 3.31. The van der Waals surface area contributed by atoms with Gasteiger partial charge in [-0.25, -0.2) is 0 Å². The highest BCUT2D eigenvalue weighted by Crippen LogP contribution is 2.21. The number of carbonyl (C=O) groups is 2. The molecular formula is C19H29N3O3. The molecular weight excluding hydrogens is 318 g/mol. The predicted molar refractivity (Wildman–Crippen MR) is 98.7 cm³/mol. The van der Waals surface area contributed by atoms with E-state index in [1.807, 2.05) is 46.8 Å². The van der Waals surface area contributed by atoms with Crippen molar-refractivity contribution in [3.63, 3.8) is 0 Å². The number of ether oxygens (including phenoxy) is 1. The maximum Gasteiger partial charge on any atom is 0.243 e. The second kappa shape index (κ2) is 8.45. The van der Waals surface area contributed by atoms with Crippen LogP contribution in [0.3, 0.4) is 0 Å². The molecule has 1 aliphatic heterocycles. The van der Waals surface area contributed by atoms with Crippen molar-refractivity contribution in [2.75, 3.05) is 31.6 Å². The average molecular weight is 347 g/mol. The molecule has 0 radical (unpaired) electrons. The highest BCUT2D eigenvalue weighted by Gasteiger charge is 2.27. The summed E-state index contributed by atoms with van der Waals surface area (Å²) in [6, 6.07) is 4.45. The third kappa shape index (κ3) is 5.28. The van der Waals surface area contributed by atoms with E-state index < -0.39 is 0 Å². The summed E-state index contributed by atoms with van der Waals surface area (Å²) in [6.45, 7) is 11.6. The van der Waals surface area contributed by atoms with Crippen LogP contribution in [0.25, 0.3) is 0 Å². The van der Waals surface area contributed by atoms with Gasteiger partial charge in [0.05, 0.1) is 26.3 Å². The van der Waals surface area contributed by atoms with E-state index in [1.165, 1.54) is 0 Å². The topological polar surface area (TPSA) is 70.7 Å². The Bertz CT molecular complexity index is 612. The van der Waals surface area contributed by atoms with Crippen LogP contribution in [0, 0.1) is 20.8 Å². The van der Waals surface area contributed by atoms with E-state index in [2.05, 4.69) is 15.5 Å². The molecule has 0 aliphatic carbocycles. The first-order valence-electron chi connectivity index (χ1n) is 8.75. The van der Waals surface area contributed by atoms with Crippen LogP contribution < -0.4 is 10.6 Å². The Labute approximate surface area is 149 Å². The molecule has 6 nitrogen and oxygen atoms in total. The molecule has 1 aromatic rings. The fraction of sp³-hybridized carbons (Fsp3) is 0.579. The van der Waals surface area contributed by atoms with Gasteiger partial charge in [0.15, 0.2) is 0 Å². The summed E-state index contributed by atoms with van der Waals surface area (Å²) < 4.78 is 5.46. The van der Waals surface area contributed by atoms with E-state index >= 15 is 0 Å². The summed E-state index contributed by atoms with van der Waals surface area (Å²) in [4.78, 5) is 26.4. The van der Waals surface area contributed by atoms with E-state index in [9.17, 15) is 9.59 Å². The third-order valence-electron chi connectivity index (χ3n) is 4.56. The Kier molecular flexibility index (Phi) is 6.56. The van der Waals surface area contributed by atoms with Gasteiger partial charge in [-0.15, -0.1) is 0 Å². The van der Waals surface area contributed by atoms with Gasteiger partial charge in [-0.3, -0.25) is 14.5 Å². The van der Waals surface area contributed by atoms with Crippen molar-refractivity contribution in [3.05, 3.63) is 28.8 Å². The molecule has 2 N–H and O–H groups in total. The number of amides is 2. The second-order valence-corrected chi connectivity index (χ2v) is 7.01.